The van der Waals surface area contributed by atoms with Gasteiger partial charge in [-0.15, -0.1) is 0 Å². The van der Waals surface area contributed by atoms with Crippen LogP contribution in [0.4, 0.5) is 0 Å². The Hall–Kier alpha value is -2.31. The minimum atomic E-state index is -0.364. The Morgan fingerprint density at radius 3 is 2.32 bits per heavy atom. The molecular weight excluding hydrogens is 315 g/mol. The number of fused-ring (bicyclic) bond motifs is 1. The van der Waals surface area contributed by atoms with Crippen LogP contribution in [0.2, 0.25) is 0 Å². The first kappa shape index (κ1) is 16.2. The third kappa shape index (κ3) is 2.81. The van der Waals surface area contributed by atoms with Gasteiger partial charge in [0.05, 0.1) is 28.3 Å². The molecule has 0 radical (unpaired) electrons. The fourth-order valence-corrected chi connectivity index (χ4v) is 2.83. The van der Waals surface area contributed by atoms with E-state index in [2.05, 4.69) is 37.9 Å². The zero-order chi connectivity index (χ0) is 17.7. The Labute approximate surface area is 147 Å². The topological polar surface area (TPSA) is 56.4 Å². The standard InChI is InChI=1S/C19H21BN2O3/c1-18(2)19(3,4)25-20(24-18)13-8-10-14(11-9-13)23-17-7-5-6-16-15(17)12-21-22-16/h5-12H,1-4H3,(H,21,22). The molecule has 1 fully saturated rings. The van der Waals surface area contributed by atoms with Crippen LogP contribution in [0.15, 0.2) is 48.7 Å². The van der Waals surface area contributed by atoms with E-state index in [0.717, 1.165) is 27.9 Å². The van der Waals surface area contributed by atoms with E-state index in [9.17, 15) is 0 Å². The Morgan fingerprint density at radius 1 is 0.960 bits per heavy atom. The van der Waals surface area contributed by atoms with Gasteiger partial charge in [0.15, 0.2) is 0 Å². The van der Waals surface area contributed by atoms with Crippen molar-refractivity contribution in [2.75, 3.05) is 0 Å². The molecule has 0 bridgehead atoms. The second-order valence-electron chi connectivity index (χ2n) is 7.35. The van der Waals surface area contributed by atoms with Crippen LogP contribution >= 0.6 is 0 Å². The molecule has 4 rings (SSSR count). The molecule has 2 heterocycles. The van der Waals surface area contributed by atoms with Gasteiger partial charge in [0.25, 0.3) is 0 Å². The van der Waals surface area contributed by atoms with Crippen LogP contribution in [-0.2, 0) is 9.31 Å². The first-order valence-electron chi connectivity index (χ1n) is 8.41. The van der Waals surface area contributed by atoms with Crippen molar-refractivity contribution in [1.29, 1.82) is 0 Å². The van der Waals surface area contributed by atoms with Gasteiger partial charge in [0.1, 0.15) is 11.5 Å². The molecule has 5 nitrogen and oxygen atoms in total. The van der Waals surface area contributed by atoms with Gasteiger partial charge in [0, 0.05) is 0 Å². The summed E-state index contributed by atoms with van der Waals surface area (Å²) in [6.45, 7) is 8.21. The SMILES string of the molecule is CC1(C)OB(c2ccc(Oc3cccc4[nH]ncc34)cc2)OC1(C)C. The lowest BCUT2D eigenvalue weighted by Gasteiger charge is -2.32. The summed E-state index contributed by atoms with van der Waals surface area (Å²) in [7, 11) is -0.364. The van der Waals surface area contributed by atoms with Crippen LogP contribution in [-0.4, -0.2) is 28.5 Å². The van der Waals surface area contributed by atoms with E-state index < -0.39 is 0 Å². The quantitative estimate of drug-likeness (QED) is 0.742. The highest BCUT2D eigenvalue weighted by atomic mass is 16.7. The van der Waals surface area contributed by atoms with Crippen molar-refractivity contribution in [1.82, 2.24) is 10.2 Å². The summed E-state index contributed by atoms with van der Waals surface area (Å²) in [5.74, 6) is 1.53. The summed E-state index contributed by atoms with van der Waals surface area (Å²) in [6, 6.07) is 13.7. The molecule has 25 heavy (non-hydrogen) atoms. The molecule has 6 heteroatoms. The molecule has 128 valence electrons. The molecule has 1 aliphatic heterocycles. The van der Waals surface area contributed by atoms with Gasteiger partial charge in [-0.1, -0.05) is 18.2 Å². The van der Waals surface area contributed by atoms with Gasteiger partial charge in [-0.25, -0.2) is 0 Å². The van der Waals surface area contributed by atoms with E-state index in [1.54, 1.807) is 6.20 Å². The van der Waals surface area contributed by atoms with Crippen molar-refractivity contribution >= 4 is 23.5 Å². The van der Waals surface area contributed by atoms with Crippen molar-refractivity contribution in [2.24, 2.45) is 0 Å². The number of nitrogens with zero attached hydrogens (tertiary/aromatic N) is 1. The average Bonchev–Trinajstić information content (AvgIpc) is 3.11. The zero-order valence-corrected chi connectivity index (χ0v) is 14.9. The molecule has 0 spiro atoms. The second kappa shape index (κ2) is 5.61. The molecule has 0 aliphatic carbocycles. The number of benzene rings is 2. The summed E-state index contributed by atoms with van der Waals surface area (Å²) in [6.07, 6.45) is 1.77. The van der Waals surface area contributed by atoms with Crippen molar-refractivity contribution in [2.45, 2.75) is 38.9 Å². The maximum absolute atomic E-state index is 6.08. The molecule has 1 saturated heterocycles. The fraction of sp³-hybridized carbons (Fsp3) is 0.316. The molecule has 0 unspecified atom stereocenters. The first-order valence-corrected chi connectivity index (χ1v) is 8.41. The average molecular weight is 336 g/mol. The number of hydrogen-bond acceptors (Lipinski definition) is 4. The minimum absolute atomic E-state index is 0.343. The van der Waals surface area contributed by atoms with Crippen LogP contribution in [0.3, 0.4) is 0 Å². The second-order valence-corrected chi connectivity index (χ2v) is 7.35. The predicted octanol–water partition coefficient (Wildman–Crippen LogP) is 3.65. The molecule has 0 amide bonds. The van der Waals surface area contributed by atoms with Crippen LogP contribution in [0.1, 0.15) is 27.7 Å². The van der Waals surface area contributed by atoms with Crippen molar-refractivity contribution in [3.63, 3.8) is 0 Å². The fourth-order valence-electron chi connectivity index (χ4n) is 2.83. The number of aromatic nitrogens is 2. The number of rotatable bonds is 3. The lowest BCUT2D eigenvalue weighted by atomic mass is 9.79. The third-order valence-corrected chi connectivity index (χ3v) is 5.08. The summed E-state index contributed by atoms with van der Waals surface area (Å²) < 4.78 is 18.2. The van der Waals surface area contributed by atoms with Crippen molar-refractivity contribution in [3.8, 4) is 11.5 Å². The highest BCUT2D eigenvalue weighted by Gasteiger charge is 2.51. The maximum atomic E-state index is 6.08. The summed E-state index contributed by atoms with van der Waals surface area (Å²) in [5.41, 5.74) is 1.24. The third-order valence-electron chi connectivity index (χ3n) is 5.08. The normalized spacial score (nSPS) is 18.6. The summed E-state index contributed by atoms with van der Waals surface area (Å²) in [4.78, 5) is 0. The number of H-pyrrole nitrogens is 1. The van der Waals surface area contributed by atoms with Crippen LogP contribution < -0.4 is 10.2 Å². The van der Waals surface area contributed by atoms with Gasteiger partial charge < -0.3 is 14.0 Å². The number of hydrogen-bond donors (Lipinski definition) is 1. The Kier molecular flexibility index (Phi) is 3.63. The molecule has 0 atom stereocenters. The lowest BCUT2D eigenvalue weighted by Crippen LogP contribution is -2.41. The molecular formula is C19H21BN2O3. The summed E-state index contributed by atoms with van der Waals surface area (Å²) in [5, 5.41) is 7.96. The van der Waals surface area contributed by atoms with Gasteiger partial charge in [-0.3, -0.25) is 5.10 Å². The maximum Gasteiger partial charge on any atom is 0.494 e. The number of nitrogens with one attached hydrogen (secondary N) is 1. The van der Waals surface area contributed by atoms with E-state index in [1.165, 1.54) is 0 Å². The molecule has 3 aromatic rings. The van der Waals surface area contributed by atoms with Gasteiger partial charge in [-0.2, -0.15) is 5.10 Å². The van der Waals surface area contributed by atoms with Gasteiger partial charge >= 0.3 is 7.12 Å². The number of ether oxygens (including phenoxy) is 1. The summed E-state index contributed by atoms with van der Waals surface area (Å²) >= 11 is 0. The smallest absolute Gasteiger partial charge is 0.457 e. The highest BCUT2D eigenvalue weighted by molar-refractivity contribution is 6.62. The van der Waals surface area contributed by atoms with E-state index >= 15 is 0 Å². The molecule has 1 aliphatic rings. The highest BCUT2D eigenvalue weighted by Crippen LogP contribution is 2.36. The van der Waals surface area contributed by atoms with Crippen LogP contribution in [0.5, 0.6) is 11.5 Å². The lowest BCUT2D eigenvalue weighted by molar-refractivity contribution is 0.00578. The van der Waals surface area contributed by atoms with Gasteiger partial charge in [-0.05, 0) is 57.4 Å². The zero-order valence-electron chi connectivity index (χ0n) is 14.9. The van der Waals surface area contributed by atoms with E-state index in [1.807, 2.05) is 42.5 Å². The molecule has 0 saturated carbocycles. The molecule has 2 aromatic carbocycles. The van der Waals surface area contributed by atoms with E-state index in [-0.39, 0.29) is 18.3 Å². The Morgan fingerprint density at radius 2 is 1.64 bits per heavy atom. The van der Waals surface area contributed by atoms with Crippen LogP contribution in [0.25, 0.3) is 10.9 Å². The largest absolute Gasteiger partial charge is 0.494 e. The molecule has 1 aromatic heterocycles. The van der Waals surface area contributed by atoms with Crippen molar-refractivity contribution < 1.29 is 14.0 Å². The molecule has 1 N–H and O–H groups in total. The first-order chi connectivity index (χ1) is 11.9. The van der Waals surface area contributed by atoms with E-state index in [0.29, 0.717) is 0 Å². The van der Waals surface area contributed by atoms with Gasteiger partial charge in [0.2, 0.25) is 0 Å². The van der Waals surface area contributed by atoms with E-state index in [4.69, 9.17) is 14.0 Å². The minimum Gasteiger partial charge on any atom is -0.457 e. The monoisotopic (exact) mass is 336 g/mol. The van der Waals surface area contributed by atoms with Crippen LogP contribution in [0, 0.1) is 0 Å². The Balaban J connectivity index is 1.54. The Bertz CT molecular complexity index is 886. The van der Waals surface area contributed by atoms with Crippen molar-refractivity contribution in [3.05, 3.63) is 48.7 Å². The number of aromatic amines is 1. The predicted molar refractivity (Wildman–Crippen MR) is 98.3 cm³/mol.